The Morgan fingerprint density at radius 1 is 0.971 bits per heavy atom. The van der Waals surface area contributed by atoms with Crippen molar-refractivity contribution in [3.63, 3.8) is 0 Å². The fourth-order valence-electron chi connectivity index (χ4n) is 3.28. The van der Waals surface area contributed by atoms with E-state index in [1.807, 2.05) is 44.2 Å². The first-order valence-corrected chi connectivity index (χ1v) is 12.5. The van der Waals surface area contributed by atoms with Gasteiger partial charge in [0.2, 0.25) is 10.3 Å². The molecule has 5 rings (SSSR count). The van der Waals surface area contributed by atoms with E-state index in [4.69, 9.17) is 23.2 Å². The SMILES string of the molecule is Cc1nc(N=Nc2c(-c3ccccc3)[nH]n(-c3nc(-c4c(Cl)cccc4Cl)cs3)c2=O)sc1C. The van der Waals surface area contributed by atoms with Gasteiger partial charge in [-0.3, -0.25) is 9.89 Å². The maximum absolute atomic E-state index is 13.4. The van der Waals surface area contributed by atoms with Crippen LogP contribution in [0, 0.1) is 13.8 Å². The van der Waals surface area contributed by atoms with E-state index in [1.54, 1.807) is 23.6 Å². The van der Waals surface area contributed by atoms with Gasteiger partial charge in [-0.1, -0.05) is 70.9 Å². The van der Waals surface area contributed by atoms with E-state index in [0.717, 1.165) is 16.1 Å². The summed E-state index contributed by atoms with van der Waals surface area (Å²) in [6.07, 6.45) is 0. The first kappa shape index (κ1) is 22.7. The highest BCUT2D eigenvalue weighted by Gasteiger charge is 2.20. The zero-order valence-corrected chi connectivity index (χ0v) is 21.1. The first-order valence-electron chi connectivity index (χ1n) is 10.1. The van der Waals surface area contributed by atoms with Crippen LogP contribution in [0.3, 0.4) is 0 Å². The second-order valence-corrected chi connectivity index (χ2v) is 10.1. The Morgan fingerprint density at radius 2 is 1.71 bits per heavy atom. The highest BCUT2D eigenvalue weighted by atomic mass is 35.5. The number of nitrogens with zero attached hydrogens (tertiary/aromatic N) is 5. The highest BCUT2D eigenvalue weighted by molar-refractivity contribution is 7.15. The number of halogens is 2. The van der Waals surface area contributed by atoms with Crippen LogP contribution in [0.1, 0.15) is 10.6 Å². The molecule has 34 heavy (non-hydrogen) atoms. The molecule has 3 aromatic heterocycles. The lowest BCUT2D eigenvalue weighted by molar-refractivity contribution is 0.843. The Hall–Kier alpha value is -3.11. The molecule has 0 atom stereocenters. The lowest BCUT2D eigenvalue weighted by Crippen LogP contribution is -2.13. The molecule has 0 saturated heterocycles. The average molecular weight is 527 g/mol. The quantitative estimate of drug-likeness (QED) is 0.237. The third-order valence-electron chi connectivity index (χ3n) is 5.08. The number of benzene rings is 2. The number of azo groups is 1. The molecule has 0 amide bonds. The van der Waals surface area contributed by atoms with Crippen LogP contribution in [-0.4, -0.2) is 19.7 Å². The summed E-state index contributed by atoms with van der Waals surface area (Å²) in [7, 11) is 0. The Bertz CT molecular complexity index is 1540. The van der Waals surface area contributed by atoms with Crippen LogP contribution in [-0.2, 0) is 0 Å². The number of H-pyrrole nitrogens is 1. The van der Waals surface area contributed by atoms with Crippen LogP contribution in [0.4, 0.5) is 10.8 Å². The number of aryl methyl sites for hydroxylation is 2. The second-order valence-electron chi connectivity index (χ2n) is 7.29. The summed E-state index contributed by atoms with van der Waals surface area (Å²) < 4.78 is 1.36. The number of hydrogen-bond acceptors (Lipinski definition) is 7. The van der Waals surface area contributed by atoms with Gasteiger partial charge in [0.1, 0.15) is 0 Å². The normalized spacial score (nSPS) is 11.5. The average Bonchev–Trinajstić information content (AvgIpc) is 3.51. The molecule has 0 aliphatic carbocycles. The van der Waals surface area contributed by atoms with Gasteiger partial charge in [-0.2, -0.15) is 4.68 Å². The summed E-state index contributed by atoms with van der Waals surface area (Å²) in [5.41, 5.74) is 3.21. The number of aromatic nitrogens is 4. The zero-order valence-electron chi connectivity index (χ0n) is 17.9. The topological polar surface area (TPSA) is 88.3 Å². The van der Waals surface area contributed by atoms with E-state index in [9.17, 15) is 4.79 Å². The molecule has 0 aliphatic rings. The summed E-state index contributed by atoms with van der Waals surface area (Å²) in [6, 6.07) is 14.7. The van der Waals surface area contributed by atoms with E-state index in [2.05, 4.69) is 25.3 Å². The summed E-state index contributed by atoms with van der Waals surface area (Å²) in [4.78, 5) is 23.5. The van der Waals surface area contributed by atoms with E-state index in [0.29, 0.717) is 37.3 Å². The van der Waals surface area contributed by atoms with Crippen molar-refractivity contribution in [3.8, 4) is 27.6 Å². The molecule has 0 radical (unpaired) electrons. The van der Waals surface area contributed by atoms with Crippen LogP contribution in [0.25, 0.3) is 27.6 Å². The molecular weight excluding hydrogens is 511 g/mol. The molecule has 0 bridgehead atoms. The van der Waals surface area contributed by atoms with Crippen molar-refractivity contribution in [2.45, 2.75) is 13.8 Å². The van der Waals surface area contributed by atoms with Crippen molar-refractivity contribution < 1.29 is 0 Å². The minimum atomic E-state index is -0.376. The van der Waals surface area contributed by atoms with Gasteiger partial charge in [-0.25, -0.2) is 9.97 Å². The van der Waals surface area contributed by atoms with E-state index in [-0.39, 0.29) is 11.2 Å². The van der Waals surface area contributed by atoms with Gasteiger partial charge in [0.15, 0.2) is 5.69 Å². The highest BCUT2D eigenvalue weighted by Crippen LogP contribution is 2.36. The molecule has 0 unspecified atom stereocenters. The minimum absolute atomic E-state index is 0.171. The van der Waals surface area contributed by atoms with E-state index < -0.39 is 0 Å². The summed E-state index contributed by atoms with van der Waals surface area (Å²) in [5, 5.41) is 15.4. The predicted molar refractivity (Wildman–Crippen MR) is 139 cm³/mol. The molecule has 0 spiro atoms. The standard InChI is InChI=1S/C23H16Cl2N6OS2/c1-12-13(2)34-22(26-12)29-28-20-19(14-7-4-3-5-8-14)30-31(21(20)32)23-27-17(11-33-23)18-15(24)9-6-10-16(18)25/h3-11,30H,1-2H3. The molecule has 5 aromatic rings. The molecule has 0 saturated carbocycles. The van der Waals surface area contributed by atoms with Crippen LogP contribution in [0.2, 0.25) is 10.0 Å². The van der Waals surface area contributed by atoms with Crippen molar-refractivity contribution in [1.29, 1.82) is 0 Å². The van der Waals surface area contributed by atoms with Gasteiger partial charge in [0.05, 0.1) is 27.1 Å². The fourth-order valence-corrected chi connectivity index (χ4v) is 5.37. The number of hydrogen-bond donors (Lipinski definition) is 1. The summed E-state index contributed by atoms with van der Waals surface area (Å²) in [5.74, 6) is 0. The maximum Gasteiger partial charge on any atom is 0.301 e. The van der Waals surface area contributed by atoms with Gasteiger partial charge in [-0.15, -0.1) is 21.6 Å². The Kier molecular flexibility index (Phi) is 6.18. The molecule has 170 valence electrons. The lowest BCUT2D eigenvalue weighted by atomic mass is 10.1. The number of rotatable bonds is 5. The monoisotopic (exact) mass is 526 g/mol. The number of nitrogens with one attached hydrogen (secondary N) is 1. The van der Waals surface area contributed by atoms with Crippen molar-refractivity contribution in [2.24, 2.45) is 10.2 Å². The van der Waals surface area contributed by atoms with Gasteiger partial charge in [0.25, 0.3) is 0 Å². The molecule has 11 heteroatoms. The third kappa shape index (κ3) is 4.23. The van der Waals surface area contributed by atoms with E-state index >= 15 is 0 Å². The largest absolute Gasteiger partial charge is 0.301 e. The maximum atomic E-state index is 13.4. The number of thiazole rings is 2. The minimum Gasteiger partial charge on any atom is -0.286 e. The lowest BCUT2D eigenvalue weighted by Gasteiger charge is -2.03. The Labute approximate surface area is 212 Å². The van der Waals surface area contributed by atoms with Crippen molar-refractivity contribution in [1.82, 2.24) is 19.7 Å². The molecule has 0 aliphatic heterocycles. The first-order chi connectivity index (χ1) is 16.4. The molecular formula is C23H16Cl2N6OS2. The molecule has 3 heterocycles. The van der Waals surface area contributed by atoms with E-state index in [1.165, 1.54) is 27.4 Å². The summed E-state index contributed by atoms with van der Waals surface area (Å²) in [6.45, 7) is 3.88. The fraction of sp³-hybridized carbons (Fsp3) is 0.0870. The second kappa shape index (κ2) is 9.27. The zero-order chi connectivity index (χ0) is 23.8. The van der Waals surface area contributed by atoms with Gasteiger partial charge < -0.3 is 0 Å². The molecule has 7 nitrogen and oxygen atoms in total. The van der Waals surface area contributed by atoms with Crippen LogP contribution < -0.4 is 5.56 Å². The van der Waals surface area contributed by atoms with Crippen molar-refractivity contribution in [2.75, 3.05) is 0 Å². The third-order valence-corrected chi connectivity index (χ3v) is 7.50. The Balaban J connectivity index is 1.62. The predicted octanol–water partition coefficient (Wildman–Crippen LogP) is 7.75. The molecule has 0 fully saturated rings. The van der Waals surface area contributed by atoms with Crippen LogP contribution in [0.15, 0.2) is 68.9 Å². The van der Waals surface area contributed by atoms with Crippen LogP contribution in [0.5, 0.6) is 0 Å². The number of aromatic amines is 1. The molecule has 2 aromatic carbocycles. The van der Waals surface area contributed by atoms with Crippen molar-refractivity contribution in [3.05, 3.63) is 84.9 Å². The summed E-state index contributed by atoms with van der Waals surface area (Å²) >= 11 is 15.4. The van der Waals surface area contributed by atoms with Crippen molar-refractivity contribution >= 4 is 56.7 Å². The smallest absolute Gasteiger partial charge is 0.286 e. The van der Waals surface area contributed by atoms with Gasteiger partial charge in [0, 0.05) is 21.4 Å². The van der Waals surface area contributed by atoms with Crippen LogP contribution >= 0.6 is 45.9 Å². The van der Waals surface area contributed by atoms with Gasteiger partial charge in [-0.05, 0) is 26.0 Å². The van der Waals surface area contributed by atoms with Gasteiger partial charge >= 0.3 is 5.56 Å². The Morgan fingerprint density at radius 3 is 2.38 bits per heavy atom. The molecule has 1 N–H and O–H groups in total.